The van der Waals surface area contributed by atoms with Crippen molar-refractivity contribution in [1.82, 2.24) is 4.72 Å². The summed E-state index contributed by atoms with van der Waals surface area (Å²) in [6.07, 6.45) is 2.00. The molecule has 1 aromatic carbocycles. The first-order valence-electron chi connectivity index (χ1n) is 6.81. The first-order chi connectivity index (χ1) is 9.44. The van der Waals surface area contributed by atoms with E-state index >= 15 is 0 Å². The van der Waals surface area contributed by atoms with E-state index in [0.29, 0.717) is 11.4 Å². The fourth-order valence-electron chi connectivity index (χ4n) is 2.54. The Morgan fingerprint density at radius 3 is 2.90 bits per heavy atom. The van der Waals surface area contributed by atoms with Crippen LogP contribution in [0, 0.1) is 12.8 Å². The van der Waals surface area contributed by atoms with E-state index in [0.717, 1.165) is 29.5 Å². The Bertz CT molecular complexity index is 574. The van der Waals surface area contributed by atoms with Gasteiger partial charge in [-0.3, -0.25) is 0 Å². The first-order valence-corrected chi connectivity index (χ1v) is 9.09. The molecule has 6 heteroatoms. The SMILES string of the molecule is CCC1OCCC1CNS(=O)(=O)c1cc(Br)ccc1C. The predicted octanol–water partition coefficient (Wildman–Crippen LogP) is 2.85. The van der Waals surface area contributed by atoms with E-state index < -0.39 is 10.0 Å². The minimum atomic E-state index is -3.47. The highest BCUT2D eigenvalue weighted by Crippen LogP contribution is 2.24. The summed E-state index contributed by atoms with van der Waals surface area (Å²) in [5.74, 6) is 0.266. The molecule has 2 atom stereocenters. The molecule has 0 bridgehead atoms. The molecule has 0 amide bonds. The van der Waals surface area contributed by atoms with E-state index in [9.17, 15) is 8.42 Å². The molecule has 1 heterocycles. The molecule has 1 saturated heterocycles. The lowest BCUT2D eigenvalue weighted by Gasteiger charge is -2.18. The first kappa shape index (κ1) is 15.9. The highest BCUT2D eigenvalue weighted by atomic mass is 79.9. The van der Waals surface area contributed by atoms with Crippen LogP contribution in [0.15, 0.2) is 27.6 Å². The van der Waals surface area contributed by atoms with Crippen LogP contribution in [0.2, 0.25) is 0 Å². The summed E-state index contributed by atoms with van der Waals surface area (Å²) in [6.45, 7) is 5.03. The summed E-state index contributed by atoms with van der Waals surface area (Å²) in [5.41, 5.74) is 0.746. The lowest BCUT2D eigenvalue weighted by Crippen LogP contribution is -2.33. The van der Waals surface area contributed by atoms with Gasteiger partial charge in [0.05, 0.1) is 11.0 Å². The second-order valence-electron chi connectivity index (χ2n) is 5.13. The van der Waals surface area contributed by atoms with Crippen LogP contribution >= 0.6 is 15.9 Å². The molecule has 1 N–H and O–H groups in total. The van der Waals surface area contributed by atoms with Crippen molar-refractivity contribution < 1.29 is 13.2 Å². The molecule has 4 nitrogen and oxygen atoms in total. The summed E-state index contributed by atoms with van der Waals surface area (Å²) in [7, 11) is -3.47. The number of halogens is 1. The number of rotatable bonds is 5. The lowest BCUT2D eigenvalue weighted by molar-refractivity contribution is 0.0884. The minimum absolute atomic E-state index is 0.168. The molecule has 20 heavy (non-hydrogen) atoms. The third-order valence-corrected chi connectivity index (χ3v) is 5.78. The van der Waals surface area contributed by atoms with Crippen molar-refractivity contribution in [2.45, 2.75) is 37.7 Å². The van der Waals surface area contributed by atoms with Gasteiger partial charge in [0, 0.05) is 23.5 Å². The smallest absolute Gasteiger partial charge is 0.240 e. The van der Waals surface area contributed by atoms with Crippen molar-refractivity contribution in [2.24, 2.45) is 5.92 Å². The highest BCUT2D eigenvalue weighted by Gasteiger charge is 2.28. The van der Waals surface area contributed by atoms with Gasteiger partial charge in [-0.2, -0.15) is 0 Å². The molecular weight excluding hydrogens is 342 g/mol. The molecule has 0 spiro atoms. The zero-order valence-corrected chi connectivity index (χ0v) is 14.1. The molecule has 0 saturated carbocycles. The summed E-state index contributed by atoms with van der Waals surface area (Å²) in [6, 6.07) is 5.28. The average Bonchev–Trinajstić information content (AvgIpc) is 2.86. The minimum Gasteiger partial charge on any atom is -0.378 e. The summed E-state index contributed by atoms with van der Waals surface area (Å²) < 4.78 is 33.8. The van der Waals surface area contributed by atoms with Gasteiger partial charge in [-0.1, -0.05) is 28.9 Å². The predicted molar refractivity (Wildman–Crippen MR) is 82.2 cm³/mol. The molecule has 2 unspecified atom stereocenters. The number of ether oxygens (including phenoxy) is 1. The van der Waals surface area contributed by atoms with E-state index in [-0.39, 0.29) is 12.0 Å². The maximum atomic E-state index is 12.4. The van der Waals surface area contributed by atoms with Crippen LogP contribution in [0.1, 0.15) is 25.3 Å². The Labute approximate surface area is 129 Å². The van der Waals surface area contributed by atoms with Crippen molar-refractivity contribution in [3.63, 3.8) is 0 Å². The average molecular weight is 362 g/mol. The van der Waals surface area contributed by atoms with E-state index in [1.54, 1.807) is 19.1 Å². The second-order valence-corrected chi connectivity index (χ2v) is 7.78. The summed E-state index contributed by atoms with van der Waals surface area (Å²) in [5, 5.41) is 0. The van der Waals surface area contributed by atoms with Crippen molar-refractivity contribution in [3.8, 4) is 0 Å². The fraction of sp³-hybridized carbons (Fsp3) is 0.571. The molecule has 2 rings (SSSR count). The number of hydrogen-bond acceptors (Lipinski definition) is 3. The molecule has 0 aliphatic carbocycles. The largest absolute Gasteiger partial charge is 0.378 e. The third-order valence-electron chi connectivity index (χ3n) is 3.72. The number of aryl methyl sites for hydroxylation is 1. The van der Waals surface area contributed by atoms with E-state index in [1.165, 1.54) is 0 Å². The Balaban J connectivity index is 2.09. The Hall–Kier alpha value is -0.430. The van der Waals surface area contributed by atoms with Crippen molar-refractivity contribution >= 4 is 26.0 Å². The van der Waals surface area contributed by atoms with Crippen LogP contribution in [-0.2, 0) is 14.8 Å². The van der Waals surface area contributed by atoms with Gasteiger partial charge in [-0.15, -0.1) is 0 Å². The number of hydrogen-bond donors (Lipinski definition) is 1. The second kappa shape index (κ2) is 6.56. The standard InChI is InChI=1S/C14H20BrNO3S/c1-3-13-11(6-7-19-13)9-16-20(17,18)14-8-12(15)5-4-10(14)2/h4-5,8,11,13,16H,3,6-7,9H2,1-2H3. The topological polar surface area (TPSA) is 55.4 Å². The van der Waals surface area contributed by atoms with Crippen LogP contribution in [0.25, 0.3) is 0 Å². The monoisotopic (exact) mass is 361 g/mol. The van der Waals surface area contributed by atoms with Gasteiger partial charge in [0.25, 0.3) is 0 Å². The van der Waals surface area contributed by atoms with Gasteiger partial charge in [0.15, 0.2) is 0 Å². The van der Waals surface area contributed by atoms with Gasteiger partial charge in [0.1, 0.15) is 0 Å². The molecule has 0 aromatic heterocycles. The summed E-state index contributed by atoms with van der Waals surface area (Å²) in [4.78, 5) is 0.332. The van der Waals surface area contributed by atoms with Crippen LogP contribution in [0.5, 0.6) is 0 Å². The van der Waals surface area contributed by atoms with E-state index in [4.69, 9.17) is 4.74 Å². The van der Waals surface area contributed by atoms with Gasteiger partial charge in [0.2, 0.25) is 10.0 Å². The van der Waals surface area contributed by atoms with Crippen molar-refractivity contribution in [3.05, 3.63) is 28.2 Å². The third kappa shape index (κ3) is 3.61. The zero-order chi connectivity index (χ0) is 14.8. The maximum Gasteiger partial charge on any atom is 0.240 e. The number of benzene rings is 1. The Morgan fingerprint density at radius 1 is 1.45 bits per heavy atom. The molecular formula is C14H20BrNO3S. The maximum absolute atomic E-state index is 12.4. The number of sulfonamides is 1. The molecule has 1 aliphatic rings. The van der Waals surface area contributed by atoms with E-state index in [1.807, 2.05) is 6.07 Å². The lowest BCUT2D eigenvalue weighted by atomic mass is 10.0. The molecule has 1 fully saturated rings. The highest BCUT2D eigenvalue weighted by molar-refractivity contribution is 9.10. The Morgan fingerprint density at radius 2 is 2.20 bits per heavy atom. The van der Waals surface area contributed by atoms with Gasteiger partial charge in [-0.05, 0) is 37.5 Å². The fourth-order valence-corrected chi connectivity index (χ4v) is 4.41. The van der Waals surface area contributed by atoms with Crippen LogP contribution in [0.3, 0.4) is 0 Å². The van der Waals surface area contributed by atoms with Crippen LogP contribution < -0.4 is 4.72 Å². The van der Waals surface area contributed by atoms with E-state index in [2.05, 4.69) is 27.6 Å². The molecule has 1 aromatic rings. The van der Waals surface area contributed by atoms with Gasteiger partial charge >= 0.3 is 0 Å². The molecule has 112 valence electrons. The normalized spacial score (nSPS) is 23.1. The van der Waals surface area contributed by atoms with Gasteiger partial charge in [-0.25, -0.2) is 13.1 Å². The number of nitrogens with one attached hydrogen (secondary N) is 1. The van der Waals surface area contributed by atoms with Crippen molar-refractivity contribution in [1.29, 1.82) is 0 Å². The quantitative estimate of drug-likeness (QED) is 0.876. The summed E-state index contributed by atoms with van der Waals surface area (Å²) >= 11 is 3.31. The molecule has 0 radical (unpaired) electrons. The Kier molecular flexibility index (Phi) is 5.23. The molecule has 1 aliphatic heterocycles. The van der Waals surface area contributed by atoms with Gasteiger partial charge < -0.3 is 4.74 Å². The van der Waals surface area contributed by atoms with Crippen molar-refractivity contribution in [2.75, 3.05) is 13.2 Å². The van der Waals surface area contributed by atoms with Crippen LogP contribution in [-0.4, -0.2) is 27.7 Å². The zero-order valence-electron chi connectivity index (χ0n) is 11.7. The van der Waals surface area contributed by atoms with Crippen LogP contribution in [0.4, 0.5) is 0 Å².